The maximum atomic E-state index is 12.7. The number of hydrogen-bond acceptors (Lipinski definition) is 1. The van der Waals surface area contributed by atoms with Gasteiger partial charge in [-0.1, -0.05) is 26.5 Å². The lowest BCUT2D eigenvalue weighted by molar-refractivity contribution is 0.355. The zero-order valence-electron chi connectivity index (χ0n) is 8.24. The van der Waals surface area contributed by atoms with Crippen molar-refractivity contribution in [1.82, 2.24) is 0 Å². The van der Waals surface area contributed by atoms with Crippen LogP contribution in [0.3, 0.4) is 0 Å². The van der Waals surface area contributed by atoms with Gasteiger partial charge in [-0.05, 0) is 0 Å². The molecule has 0 spiro atoms. The number of phenolic OH excluding ortho intramolecular Hbond substituents is 1. The summed E-state index contributed by atoms with van der Waals surface area (Å²) < 4.78 is 50.5. The Labute approximate surface area is 84.7 Å². The molecule has 0 unspecified atom stereocenters. The highest BCUT2D eigenvalue weighted by Crippen LogP contribution is 2.28. The van der Waals surface area contributed by atoms with Gasteiger partial charge in [-0.3, -0.25) is 0 Å². The molecule has 0 radical (unpaired) electrons. The second kappa shape index (κ2) is 5.38. The predicted octanol–water partition coefficient (Wildman–Crippen LogP) is 3.62. The average Bonchev–Trinajstić information content (AvgIpc) is 2.27. The lowest BCUT2D eigenvalue weighted by atomic mass is 10.1. The first-order chi connectivity index (χ1) is 7.00. The Hall–Kier alpha value is -1.52. The minimum Gasteiger partial charge on any atom is -0.503 e. The molecule has 0 saturated heterocycles. The average molecular weight is 222 g/mol. The zero-order chi connectivity index (χ0) is 12.2. The molecule has 0 bridgehead atoms. The van der Waals surface area contributed by atoms with Crippen LogP contribution in [0.1, 0.15) is 19.4 Å². The standard InChI is InChI=1S/C8H4F4O.C2H6/c1-2-3-4(9)6(11)8(13)7(12)5(3)10;1-2/h2,13H,1H2;1-2H3. The van der Waals surface area contributed by atoms with Gasteiger partial charge in [-0.15, -0.1) is 0 Å². The van der Waals surface area contributed by atoms with E-state index in [-0.39, 0.29) is 0 Å². The molecule has 0 atom stereocenters. The molecule has 1 aromatic carbocycles. The first-order valence-electron chi connectivity index (χ1n) is 4.18. The third-order valence-corrected chi connectivity index (χ3v) is 1.48. The van der Waals surface area contributed by atoms with Gasteiger partial charge in [0.2, 0.25) is 11.6 Å². The van der Waals surface area contributed by atoms with Crippen LogP contribution >= 0.6 is 0 Å². The molecule has 1 nitrogen and oxygen atoms in total. The highest BCUT2D eigenvalue weighted by molar-refractivity contribution is 5.51. The molecule has 0 aromatic heterocycles. The van der Waals surface area contributed by atoms with Crippen LogP contribution in [0.25, 0.3) is 6.08 Å². The molecule has 0 heterocycles. The summed E-state index contributed by atoms with van der Waals surface area (Å²) in [5.74, 6) is -8.64. The molecular formula is C10H10F4O. The summed E-state index contributed by atoms with van der Waals surface area (Å²) in [5, 5.41) is 8.52. The van der Waals surface area contributed by atoms with Gasteiger partial charge in [0.25, 0.3) is 0 Å². The largest absolute Gasteiger partial charge is 0.503 e. The summed E-state index contributed by atoms with van der Waals surface area (Å²) in [4.78, 5) is 0. The van der Waals surface area contributed by atoms with Crippen molar-refractivity contribution in [3.8, 4) is 5.75 Å². The summed E-state index contributed by atoms with van der Waals surface area (Å²) in [7, 11) is 0. The van der Waals surface area contributed by atoms with Crippen molar-refractivity contribution in [2.45, 2.75) is 13.8 Å². The predicted molar refractivity (Wildman–Crippen MR) is 49.4 cm³/mol. The first kappa shape index (κ1) is 13.5. The Kier molecular flexibility index (Phi) is 4.84. The Balaban J connectivity index is 0.000000921. The summed E-state index contributed by atoms with van der Waals surface area (Å²) in [6.45, 7) is 6.97. The zero-order valence-corrected chi connectivity index (χ0v) is 8.24. The van der Waals surface area contributed by atoms with Crippen molar-refractivity contribution >= 4 is 6.08 Å². The molecule has 0 fully saturated rings. The Morgan fingerprint density at radius 3 is 1.53 bits per heavy atom. The molecule has 0 aliphatic rings. The molecule has 1 rings (SSSR count). The molecule has 1 N–H and O–H groups in total. The van der Waals surface area contributed by atoms with E-state index in [9.17, 15) is 17.6 Å². The van der Waals surface area contributed by atoms with Crippen molar-refractivity contribution < 1.29 is 22.7 Å². The SMILES string of the molecule is C=Cc1c(F)c(F)c(O)c(F)c1F.CC. The minimum atomic E-state index is -1.83. The second-order valence-corrected chi connectivity index (χ2v) is 2.22. The van der Waals surface area contributed by atoms with Crippen LogP contribution < -0.4 is 0 Å². The van der Waals surface area contributed by atoms with Crippen molar-refractivity contribution in [2.24, 2.45) is 0 Å². The van der Waals surface area contributed by atoms with E-state index < -0.39 is 34.6 Å². The van der Waals surface area contributed by atoms with Crippen molar-refractivity contribution in [3.05, 3.63) is 35.4 Å². The van der Waals surface area contributed by atoms with E-state index in [1.54, 1.807) is 0 Å². The summed E-state index contributed by atoms with van der Waals surface area (Å²) in [6.07, 6.45) is 0.621. The van der Waals surface area contributed by atoms with Gasteiger partial charge in [0.15, 0.2) is 17.4 Å². The van der Waals surface area contributed by atoms with Crippen LogP contribution in [0.2, 0.25) is 0 Å². The molecule has 0 amide bonds. The number of rotatable bonds is 1. The van der Waals surface area contributed by atoms with Crippen LogP contribution in [0.15, 0.2) is 6.58 Å². The highest BCUT2D eigenvalue weighted by Gasteiger charge is 2.22. The summed E-state index contributed by atoms with van der Waals surface area (Å²) in [6, 6.07) is 0. The topological polar surface area (TPSA) is 20.2 Å². The maximum absolute atomic E-state index is 12.7. The third kappa shape index (κ3) is 2.29. The van der Waals surface area contributed by atoms with E-state index in [1.807, 2.05) is 13.8 Å². The van der Waals surface area contributed by atoms with E-state index in [2.05, 4.69) is 6.58 Å². The first-order valence-corrected chi connectivity index (χ1v) is 4.18. The number of aromatic hydroxyl groups is 1. The number of phenols is 1. The number of hydrogen-bond donors (Lipinski definition) is 1. The second-order valence-electron chi connectivity index (χ2n) is 2.22. The molecule has 1 aromatic rings. The monoisotopic (exact) mass is 222 g/mol. The maximum Gasteiger partial charge on any atom is 0.204 e. The molecule has 0 aliphatic carbocycles. The van der Waals surface area contributed by atoms with Crippen molar-refractivity contribution in [2.75, 3.05) is 0 Å². The number of benzene rings is 1. The fourth-order valence-electron chi connectivity index (χ4n) is 0.816. The van der Waals surface area contributed by atoms with Crippen LogP contribution in [0, 0.1) is 23.3 Å². The van der Waals surface area contributed by atoms with E-state index >= 15 is 0 Å². The highest BCUT2D eigenvalue weighted by atomic mass is 19.2. The smallest absolute Gasteiger partial charge is 0.204 e. The lowest BCUT2D eigenvalue weighted by Crippen LogP contribution is -1.99. The van der Waals surface area contributed by atoms with E-state index in [1.165, 1.54) is 0 Å². The molecule has 15 heavy (non-hydrogen) atoms. The minimum absolute atomic E-state index is 0.621. The third-order valence-electron chi connectivity index (χ3n) is 1.48. The van der Waals surface area contributed by atoms with Crippen LogP contribution in [0.4, 0.5) is 17.6 Å². The molecule has 84 valence electrons. The summed E-state index contributed by atoms with van der Waals surface area (Å²) >= 11 is 0. The van der Waals surface area contributed by atoms with Gasteiger partial charge in [0, 0.05) is 0 Å². The fraction of sp³-hybridized carbons (Fsp3) is 0.200. The van der Waals surface area contributed by atoms with Gasteiger partial charge in [-0.25, -0.2) is 8.78 Å². The molecule has 5 heteroatoms. The Morgan fingerprint density at radius 1 is 0.933 bits per heavy atom. The van der Waals surface area contributed by atoms with Gasteiger partial charge >= 0.3 is 0 Å². The number of halogens is 4. The van der Waals surface area contributed by atoms with Gasteiger partial charge in [0.05, 0.1) is 5.56 Å². The van der Waals surface area contributed by atoms with Crippen LogP contribution in [-0.2, 0) is 0 Å². The summed E-state index contributed by atoms with van der Waals surface area (Å²) in [5.41, 5.74) is -0.937. The molecule has 0 saturated carbocycles. The fourth-order valence-corrected chi connectivity index (χ4v) is 0.816. The van der Waals surface area contributed by atoms with Crippen LogP contribution in [0.5, 0.6) is 5.75 Å². The van der Waals surface area contributed by atoms with E-state index in [4.69, 9.17) is 5.11 Å². The molecular weight excluding hydrogens is 212 g/mol. The molecule has 0 aliphatic heterocycles. The van der Waals surface area contributed by atoms with Gasteiger partial charge < -0.3 is 5.11 Å². The Bertz CT molecular complexity index is 345. The van der Waals surface area contributed by atoms with Gasteiger partial charge in [-0.2, -0.15) is 8.78 Å². The normalized spacial score (nSPS) is 9.20. The van der Waals surface area contributed by atoms with Gasteiger partial charge in [0.1, 0.15) is 0 Å². The Morgan fingerprint density at radius 2 is 1.27 bits per heavy atom. The van der Waals surface area contributed by atoms with Crippen molar-refractivity contribution in [1.29, 1.82) is 0 Å². The van der Waals surface area contributed by atoms with E-state index in [0.717, 1.165) is 0 Å². The lowest BCUT2D eigenvalue weighted by Gasteiger charge is -2.04. The quantitative estimate of drug-likeness (QED) is 0.568. The van der Waals surface area contributed by atoms with Crippen molar-refractivity contribution in [3.63, 3.8) is 0 Å². The van der Waals surface area contributed by atoms with Crippen LogP contribution in [-0.4, -0.2) is 5.11 Å². The van der Waals surface area contributed by atoms with E-state index in [0.29, 0.717) is 6.08 Å².